The number of carbonyl (C=O) groups excluding carboxylic acids is 2. The molecule has 2 unspecified atom stereocenters. The summed E-state index contributed by atoms with van der Waals surface area (Å²) in [6.45, 7) is 0. The molecule has 2 saturated heterocycles. The largest absolute Gasteiger partial charge is 0.355 e. The number of hydrogen-bond acceptors (Lipinski definition) is 5. The normalized spacial score (nSPS) is 28.9. The minimum atomic E-state index is -0.467. The average molecular weight is 303 g/mol. The third-order valence-electron chi connectivity index (χ3n) is 2.67. The van der Waals surface area contributed by atoms with E-state index >= 15 is 0 Å². The summed E-state index contributed by atoms with van der Waals surface area (Å²) in [7, 11) is 0. The van der Waals surface area contributed by atoms with E-state index in [0.29, 0.717) is 18.0 Å². The lowest BCUT2D eigenvalue weighted by atomic mass is 10.2. The van der Waals surface area contributed by atoms with Crippen molar-refractivity contribution in [2.24, 2.45) is 0 Å². The molecule has 2 aliphatic rings. The summed E-state index contributed by atoms with van der Waals surface area (Å²) in [5.74, 6) is -0.582. The Bertz CT molecular complexity index is 453. The first-order valence-corrected chi connectivity index (χ1v) is 6.42. The topological polar surface area (TPSA) is 59.5 Å². The number of hydrogen-bond donors (Lipinski definition) is 0. The maximum absolute atomic E-state index is 11.9. The molecule has 2 fully saturated rings. The highest BCUT2D eigenvalue weighted by molar-refractivity contribution is 9.11. The van der Waals surface area contributed by atoms with E-state index in [4.69, 9.17) is 4.74 Å². The number of carbonyl (C=O) groups is 2. The number of ether oxygens (including phenoxy) is 1. The van der Waals surface area contributed by atoms with Gasteiger partial charge in [0, 0.05) is 0 Å². The van der Waals surface area contributed by atoms with Crippen LogP contribution in [-0.2, 0) is 14.3 Å². The average Bonchev–Trinajstić information content (AvgIpc) is 2.84. The summed E-state index contributed by atoms with van der Waals surface area (Å²) in [6.07, 6.45) is 1.89. The monoisotopic (exact) mass is 302 g/mol. The lowest BCUT2D eigenvalue weighted by molar-refractivity contribution is -0.146. The number of amides is 2. The van der Waals surface area contributed by atoms with Crippen LogP contribution in [0.1, 0.15) is 12.8 Å². The smallest absolute Gasteiger partial charge is 0.264 e. The van der Waals surface area contributed by atoms with Gasteiger partial charge < -0.3 is 4.74 Å². The van der Waals surface area contributed by atoms with Gasteiger partial charge >= 0.3 is 0 Å². The van der Waals surface area contributed by atoms with Gasteiger partial charge in [0.05, 0.1) is 9.98 Å². The second-order valence-corrected chi connectivity index (χ2v) is 6.04. The van der Waals surface area contributed by atoms with Gasteiger partial charge in [-0.15, -0.1) is 0 Å². The fourth-order valence-electron chi connectivity index (χ4n) is 1.93. The molecule has 16 heavy (non-hydrogen) atoms. The Hall–Kier alpha value is -0.790. The van der Waals surface area contributed by atoms with Crippen molar-refractivity contribution in [2.75, 3.05) is 4.90 Å². The number of anilines is 1. The molecule has 0 saturated carbocycles. The summed E-state index contributed by atoms with van der Waals surface area (Å²) < 4.78 is 6.10. The van der Waals surface area contributed by atoms with Gasteiger partial charge in [-0.3, -0.25) is 9.59 Å². The van der Waals surface area contributed by atoms with E-state index in [1.165, 1.54) is 11.3 Å². The third-order valence-corrected chi connectivity index (χ3v) is 4.13. The molecular formula is C9H7BrN2O3S. The highest BCUT2D eigenvalue weighted by Gasteiger charge is 2.48. The van der Waals surface area contributed by atoms with Crippen LogP contribution in [0.25, 0.3) is 0 Å². The van der Waals surface area contributed by atoms with Crippen molar-refractivity contribution in [1.29, 1.82) is 0 Å². The predicted molar refractivity (Wildman–Crippen MR) is 60.2 cm³/mol. The molecule has 0 spiro atoms. The van der Waals surface area contributed by atoms with Crippen LogP contribution in [0, 0.1) is 0 Å². The van der Waals surface area contributed by atoms with E-state index in [1.807, 2.05) is 0 Å². The number of aromatic nitrogens is 1. The SMILES string of the molecule is O=C1C2CCC(O2)C(=O)N1c1ncc(Br)s1. The number of imide groups is 1. The number of rotatable bonds is 1. The van der Waals surface area contributed by atoms with Crippen LogP contribution in [0.15, 0.2) is 9.98 Å². The molecule has 3 heterocycles. The van der Waals surface area contributed by atoms with Gasteiger partial charge in [0.15, 0.2) is 5.13 Å². The molecule has 84 valence electrons. The third kappa shape index (κ3) is 1.42. The molecule has 2 amide bonds. The Morgan fingerprint density at radius 3 is 2.50 bits per heavy atom. The van der Waals surface area contributed by atoms with Gasteiger partial charge in [-0.05, 0) is 28.8 Å². The van der Waals surface area contributed by atoms with Crippen molar-refractivity contribution in [3.8, 4) is 0 Å². The standard InChI is InChI=1S/C9H7BrN2O3S/c10-6-3-11-9(16-6)12-7(13)4-1-2-5(15-4)8(12)14/h3-5H,1-2H2. The van der Waals surface area contributed by atoms with Crippen molar-refractivity contribution in [3.05, 3.63) is 9.98 Å². The molecule has 3 rings (SSSR count). The molecule has 0 aliphatic carbocycles. The number of morpholine rings is 1. The maximum atomic E-state index is 11.9. The maximum Gasteiger partial charge on any atom is 0.264 e. The highest BCUT2D eigenvalue weighted by atomic mass is 79.9. The van der Waals surface area contributed by atoms with Crippen LogP contribution in [0.5, 0.6) is 0 Å². The zero-order chi connectivity index (χ0) is 11.3. The van der Waals surface area contributed by atoms with Gasteiger partial charge in [0.25, 0.3) is 11.8 Å². The summed E-state index contributed by atoms with van der Waals surface area (Å²) in [5.41, 5.74) is 0. The van der Waals surface area contributed by atoms with Gasteiger partial charge in [0.2, 0.25) is 0 Å². The first-order chi connectivity index (χ1) is 7.66. The van der Waals surface area contributed by atoms with Crippen LogP contribution in [-0.4, -0.2) is 29.0 Å². The van der Waals surface area contributed by atoms with Gasteiger partial charge in [-0.25, -0.2) is 9.88 Å². The molecule has 0 N–H and O–H groups in total. The molecule has 7 heteroatoms. The second kappa shape index (κ2) is 3.61. The van der Waals surface area contributed by atoms with Crippen molar-refractivity contribution >= 4 is 44.2 Å². The molecule has 5 nitrogen and oxygen atoms in total. The summed E-state index contributed by atoms with van der Waals surface area (Å²) in [5, 5.41) is 0.419. The van der Waals surface area contributed by atoms with Gasteiger partial charge in [-0.2, -0.15) is 0 Å². The zero-order valence-corrected chi connectivity index (χ0v) is 10.5. The molecule has 0 aromatic carbocycles. The van der Waals surface area contributed by atoms with Gasteiger partial charge in [-0.1, -0.05) is 11.3 Å². The Morgan fingerprint density at radius 1 is 1.38 bits per heavy atom. The quantitative estimate of drug-likeness (QED) is 0.734. The minimum Gasteiger partial charge on any atom is -0.355 e. The van der Waals surface area contributed by atoms with E-state index in [0.717, 1.165) is 8.69 Å². The van der Waals surface area contributed by atoms with Crippen LogP contribution < -0.4 is 4.90 Å². The van der Waals surface area contributed by atoms with Crippen molar-refractivity contribution in [3.63, 3.8) is 0 Å². The van der Waals surface area contributed by atoms with Crippen LogP contribution in [0.2, 0.25) is 0 Å². The van der Waals surface area contributed by atoms with E-state index in [-0.39, 0.29) is 11.8 Å². The van der Waals surface area contributed by atoms with Crippen LogP contribution in [0.3, 0.4) is 0 Å². The summed E-state index contributed by atoms with van der Waals surface area (Å²) in [6, 6.07) is 0. The predicted octanol–water partition coefficient (Wildman–Crippen LogP) is 1.33. The Balaban J connectivity index is 2.00. The van der Waals surface area contributed by atoms with Crippen LogP contribution >= 0.6 is 27.3 Å². The number of fused-ring (bicyclic) bond motifs is 2. The van der Waals surface area contributed by atoms with E-state index in [2.05, 4.69) is 20.9 Å². The second-order valence-electron chi connectivity index (χ2n) is 3.65. The molecule has 2 aliphatic heterocycles. The number of thiazole rings is 1. The van der Waals surface area contributed by atoms with E-state index in [9.17, 15) is 9.59 Å². The minimum absolute atomic E-state index is 0.291. The van der Waals surface area contributed by atoms with Crippen molar-refractivity contribution < 1.29 is 14.3 Å². The lowest BCUT2D eigenvalue weighted by Crippen LogP contribution is -2.51. The fraction of sp³-hybridized carbons (Fsp3) is 0.444. The molecule has 1 aromatic heterocycles. The molecular weight excluding hydrogens is 296 g/mol. The van der Waals surface area contributed by atoms with E-state index in [1.54, 1.807) is 6.20 Å². The Labute approximate surface area is 104 Å². The molecule has 1 aromatic rings. The molecule has 2 atom stereocenters. The number of halogens is 1. The van der Waals surface area contributed by atoms with Crippen molar-refractivity contribution in [1.82, 2.24) is 4.98 Å². The zero-order valence-electron chi connectivity index (χ0n) is 8.05. The highest BCUT2D eigenvalue weighted by Crippen LogP contribution is 2.34. The summed E-state index contributed by atoms with van der Waals surface area (Å²) in [4.78, 5) is 29.1. The van der Waals surface area contributed by atoms with E-state index < -0.39 is 12.2 Å². The Kier molecular flexibility index (Phi) is 2.34. The first-order valence-electron chi connectivity index (χ1n) is 4.81. The lowest BCUT2D eigenvalue weighted by Gasteiger charge is -2.27. The first kappa shape index (κ1) is 10.4. The van der Waals surface area contributed by atoms with Crippen LogP contribution in [0.4, 0.5) is 5.13 Å². The fourth-order valence-corrected chi connectivity index (χ4v) is 3.13. The molecule has 2 bridgehead atoms. The van der Waals surface area contributed by atoms with Crippen molar-refractivity contribution in [2.45, 2.75) is 25.0 Å². The van der Waals surface area contributed by atoms with Gasteiger partial charge in [0.1, 0.15) is 12.2 Å². The Morgan fingerprint density at radius 2 is 2.00 bits per heavy atom. The number of nitrogens with zero attached hydrogens (tertiary/aromatic N) is 2. The molecule has 0 radical (unpaired) electrons. The summed E-state index contributed by atoms with van der Waals surface area (Å²) >= 11 is 4.53.